The topological polar surface area (TPSA) is 62.3 Å². The summed E-state index contributed by atoms with van der Waals surface area (Å²) in [6.45, 7) is 3.19. The minimum atomic E-state index is 0.0199. The van der Waals surface area contributed by atoms with E-state index in [1.54, 1.807) is 0 Å². The molecule has 2 fully saturated rings. The van der Waals surface area contributed by atoms with E-state index in [4.69, 9.17) is 15.2 Å². The second kappa shape index (κ2) is 6.70. The molecule has 0 radical (unpaired) electrons. The first-order chi connectivity index (χ1) is 9.84. The monoisotopic (exact) mass is 279 g/mol. The van der Waals surface area contributed by atoms with Crippen LogP contribution < -0.4 is 5.73 Å². The molecule has 0 aromatic carbocycles. The van der Waals surface area contributed by atoms with Gasteiger partial charge in [0.1, 0.15) is 0 Å². The Labute approximate surface area is 120 Å². The quantitative estimate of drug-likeness (QED) is 0.863. The van der Waals surface area contributed by atoms with Crippen molar-refractivity contribution in [3.05, 3.63) is 18.2 Å². The van der Waals surface area contributed by atoms with Crippen LogP contribution in [0.15, 0.2) is 12.5 Å². The molecule has 0 spiro atoms. The Morgan fingerprint density at radius 2 is 2.25 bits per heavy atom. The van der Waals surface area contributed by atoms with Gasteiger partial charge in [-0.15, -0.1) is 0 Å². The first kappa shape index (κ1) is 14.0. The molecule has 1 saturated heterocycles. The summed E-state index contributed by atoms with van der Waals surface area (Å²) in [4.78, 5) is 4.25. The summed E-state index contributed by atoms with van der Waals surface area (Å²) in [5.74, 6) is 0.418. The van der Waals surface area contributed by atoms with Crippen LogP contribution >= 0.6 is 0 Å². The van der Waals surface area contributed by atoms with Crippen molar-refractivity contribution in [2.75, 3.05) is 19.8 Å². The van der Waals surface area contributed by atoms with Crippen molar-refractivity contribution in [3.63, 3.8) is 0 Å². The van der Waals surface area contributed by atoms with E-state index in [1.807, 2.05) is 12.5 Å². The van der Waals surface area contributed by atoms with Crippen molar-refractivity contribution in [1.82, 2.24) is 9.55 Å². The van der Waals surface area contributed by atoms with Crippen LogP contribution in [0.2, 0.25) is 0 Å². The Morgan fingerprint density at radius 3 is 3.00 bits per heavy atom. The molecular weight excluding hydrogens is 254 g/mol. The molecule has 1 aliphatic carbocycles. The predicted octanol–water partition coefficient (Wildman–Crippen LogP) is 1.88. The number of imidazole rings is 1. The van der Waals surface area contributed by atoms with Gasteiger partial charge in [-0.1, -0.05) is 12.8 Å². The van der Waals surface area contributed by atoms with Crippen LogP contribution in [0.4, 0.5) is 0 Å². The van der Waals surface area contributed by atoms with E-state index in [2.05, 4.69) is 9.55 Å². The Kier molecular flexibility index (Phi) is 4.70. The van der Waals surface area contributed by atoms with E-state index in [0.717, 1.165) is 38.5 Å². The van der Waals surface area contributed by atoms with Gasteiger partial charge in [0.2, 0.25) is 0 Å². The van der Waals surface area contributed by atoms with Gasteiger partial charge < -0.3 is 19.8 Å². The van der Waals surface area contributed by atoms with Crippen molar-refractivity contribution < 1.29 is 9.47 Å². The average molecular weight is 279 g/mol. The lowest BCUT2D eigenvalue weighted by atomic mass is 9.97. The SMILES string of the molecule is NC(c1cncn1CCOC1CCCC1)C1CCOC1. The molecule has 2 atom stereocenters. The van der Waals surface area contributed by atoms with Crippen LogP contribution in [-0.4, -0.2) is 35.5 Å². The van der Waals surface area contributed by atoms with Crippen molar-refractivity contribution in [3.8, 4) is 0 Å². The van der Waals surface area contributed by atoms with E-state index in [1.165, 1.54) is 25.7 Å². The molecule has 112 valence electrons. The number of hydrogen-bond donors (Lipinski definition) is 1. The van der Waals surface area contributed by atoms with Gasteiger partial charge in [0.25, 0.3) is 0 Å². The number of rotatable bonds is 6. The second-order valence-corrected chi connectivity index (χ2v) is 5.94. The van der Waals surface area contributed by atoms with E-state index in [9.17, 15) is 0 Å². The summed E-state index contributed by atoms with van der Waals surface area (Å²) in [6, 6.07) is 0.0199. The fourth-order valence-corrected chi connectivity index (χ4v) is 3.25. The third kappa shape index (κ3) is 3.22. The van der Waals surface area contributed by atoms with Gasteiger partial charge >= 0.3 is 0 Å². The number of nitrogens with two attached hydrogens (primary N) is 1. The summed E-state index contributed by atoms with van der Waals surface area (Å²) in [5.41, 5.74) is 7.46. The Hall–Kier alpha value is -0.910. The predicted molar refractivity (Wildman–Crippen MR) is 76.3 cm³/mol. The van der Waals surface area contributed by atoms with Crippen LogP contribution in [-0.2, 0) is 16.0 Å². The molecule has 1 saturated carbocycles. The average Bonchev–Trinajstić information content (AvgIpc) is 3.21. The summed E-state index contributed by atoms with van der Waals surface area (Å²) >= 11 is 0. The number of ether oxygens (including phenoxy) is 2. The zero-order chi connectivity index (χ0) is 13.8. The van der Waals surface area contributed by atoms with E-state index in [-0.39, 0.29) is 6.04 Å². The third-order valence-electron chi connectivity index (χ3n) is 4.55. The Morgan fingerprint density at radius 1 is 1.40 bits per heavy atom. The maximum absolute atomic E-state index is 6.36. The minimum absolute atomic E-state index is 0.0199. The lowest BCUT2D eigenvalue weighted by molar-refractivity contribution is 0.0524. The zero-order valence-corrected chi connectivity index (χ0v) is 12.0. The standard InChI is InChI=1S/C15H25N3O2/c16-15(12-5-7-19-10-12)14-9-17-11-18(14)6-8-20-13-3-1-2-4-13/h9,11-13,15H,1-8,10,16H2. The number of nitrogens with zero attached hydrogens (tertiary/aromatic N) is 2. The Balaban J connectivity index is 1.52. The summed E-state index contributed by atoms with van der Waals surface area (Å²) < 4.78 is 13.5. The first-order valence-electron chi connectivity index (χ1n) is 7.79. The lowest BCUT2D eigenvalue weighted by Gasteiger charge is -2.20. The molecule has 0 amide bonds. The Bertz CT molecular complexity index is 409. The fourth-order valence-electron chi connectivity index (χ4n) is 3.25. The molecule has 1 aliphatic heterocycles. The maximum Gasteiger partial charge on any atom is 0.0949 e. The van der Waals surface area contributed by atoms with E-state index < -0.39 is 0 Å². The molecule has 3 rings (SSSR count). The summed E-state index contributed by atoms with van der Waals surface area (Å²) in [7, 11) is 0. The smallest absolute Gasteiger partial charge is 0.0949 e. The molecule has 2 heterocycles. The molecule has 5 heteroatoms. The molecular formula is C15H25N3O2. The van der Waals surface area contributed by atoms with Gasteiger partial charge in [-0.2, -0.15) is 0 Å². The van der Waals surface area contributed by atoms with Crippen molar-refractivity contribution in [1.29, 1.82) is 0 Å². The largest absolute Gasteiger partial charge is 0.381 e. The number of aromatic nitrogens is 2. The highest BCUT2D eigenvalue weighted by atomic mass is 16.5. The molecule has 1 aromatic heterocycles. The normalized spacial score (nSPS) is 25.4. The van der Waals surface area contributed by atoms with E-state index >= 15 is 0 Å². The van der Waals surface area contributed by atoms with Crippen LogP contribution in [0.5, 0.6) is 0 Å². The van der Waals surface area contributed by atoms with Crippen LogP contribution in [0.25, 0.3) is 0 Å². The van der Waals surface area contributed by atoms with Crippen molar-refractivity contribution in [2.24, 2.45) is 11.7 Å². The maximum atomic E-state index is 6.36. The molecule has 20 heavy (non-hydrogen) atoms. The molecule has 0 bridgehead atoms. The van der Waals surface area contributed by atoms with Crippen molar-refractivity contribution >= 4 is 0 Å². The summed E-state index contributed by atoms with van der Waals surface area (Å²) in [6.07, 6.45) is 10.3. The van der Waals surface area contributed by atoms with Crippen LogP contribution in [0, 0.1) is 5.92 Å². The highest BCUT2D eigenvalue weighted by Gasteiger charge is 2.26. The van der Waals surface area contributed by atoms with Gasteiger partial charge in [0.05, 0.1) is 37.4 Å². The van der Waals surface area contributed by atoms with Crippen LogP contribution in [0.3, 0.4) is 0 Å². The molecule has 1 aromatic rings. The van der Waals surface area contributed by atoms with Crippen molar-refractivity contribution in [2.45, 2.75) is 50.8 Å². The van der Waals surface area contributed by atoms with Gasteiger partial charge in [-0.3, -0.25) is 0 Å². The molecule has 2 unspecified atom stereocenters. The molecule has 2 N–H and O–H groups in total. The zero-order valence-electron chi connectivity index (χ0n) is 12.0. The second-order valence-electron chi connectivity index (χ2n) is 5.94. The molecule has 5 nitrogen and oxygen atoms in total. The van der Waals surface area contributed by atoms with Gasteiger partial charge in [-0.25, -0.2) is 4.98 Å². The van der Waals surface area contributed by atoms with Gasteiger partial charge in [-0.05, 0) is 19.3 Å². The minimum Gasteiger partial charge on any atom is -0.381 e. The van der Waals surface area contributed by atoms with E-state index in [0.29, 0.717) is 12.0 Å². The fraction of sp³-hybridized carbons (Fsp3) is 0.800. The summed E-state index contributed by atoms with van der Waals surface area (Å²) in [5, 5.41) is 0. The third-order valence-corrected chi connectivity index (χ3v) is 4.55. The highest BCUT2D eigenvalue weighted by molar-refractivity contribution is 5.07. The van der Waals surface area contributed by atoms with Crippen LogP contribution in [0.1, 0.15) is 43.8 Å². The number of hydrogen-bond acceptors (Lipinski definition) is 4. The lowest BCUT2D eigenvalue weighted by Crippen LogP contribution is -2.25. The van der Waals surface area contributed by atoms with Gasteiger partial charge in [0.15, 0.2) is 0 Å². The molecule has 2 aliphatic rings. The first-order valence-corrected chi connectivity index (χ1v) is 7.79. The van der Waals surface area contributed by atoms with Gasteiger partial charge in [0, 0.05) is 25.3 Å². The highest BCUT2D eigenvalue weighted by Crippen LogP contribution is 2.26.